The van der Waals surface area contributed by atoms with Crippen LogP contribution in [0.5, 0.6) is 0 Å². The minimum atomic E-state index is 0.711. The van der Waals surface area contributed by atoms with E-state index in [1.165, 1.54) is 44.1 Å². The van der Waals surface area contributed by atoms with Crippen molar-refractivity contribution in [3.05, 3.63) is 28.8 Å². The van der Waals surface area contributed by atoms with Crippen LogP contribution in [-0.2, 0) is 6.54 Å². The molecule has 1 aromatic rings. The van der Waals surface area contributed by atoms with Crippen molar-refractivity contribution in [3.8, 4) is 0 Å². The molecule has 1 aliphatic rings. The second-order valence-corrected chi connectivity index (χ2v) is 5.84. The van der Waals surface area contributed by atoms with E-state index in [1.54, 1.807) is 0 Å². The highest BCUT2D eigenvalue weighted by molar-refractivity contribution is 6.30. The summed E-state index contributed by atoms with van der Waals surface area (Å²) in [5.41, 5.74) is 8.01. The fourth-order valence-electron chi connectivity index (χ4n) is 2.81. The molecule has 0 radical (unpaired) electrons. The fourth-order valence-corrected chi connectivity index (χ4v) is 2.99. The van der Waals surface area contributed by atoms with Crippen molar-refractivity contribution in [2.24, 2.45) is 0 Å². The first-order valence-corrected chi connectivity index (χ1v) is 7.29. The zero-order valence-electron chi connectivity index (χ0n) is 11.2. The number of benzene rings is 1. The van der Waals surface area contributed by atoms with E-state index < -0.39 is 0 Å². The van der Waals surface area contributed by atoms with Gasteiger partial charge < -0.3 is 5.73 Å². The lowest BCUT2D eigenvalue weighted by molar-refractivity contribution is 0.213. The van der Waals surface area contributed by atoms with Crippen LogP contribution < -0.4 is 5.73 Å². The van der Waals surface area contributed by atoms with E-state index in [-0.39, 0.29) is 0 Å². The van der Waals surface area contributed by atoms with Crippen molar-refractivity contribution >= 4 is 17.3 Å². The molecule has 3 heteroatoms. The smallest absolute Gasteiger partial charge is 0.0426 e. The maximum Gasteiger partial charge on any atom is 0.0426 e. The van der Waals surface area contributed by atoms with Gasteiger partial charge >= 0.3 is 0 Å². The number of nitrogens with zero attached hydrogens (tertiary/aromatic N) is 1. The standard InChI is InChI=1S/C15H23ClN2/c1-18(14-6-4-2-3-5-7-14)11-12-8-9-13(16)10-15(12)17/h8-10,14H,2-7,11,17H2,1H3. The number of nitrogen functional groups attached to an aromatic ring is 1. The summed E-state index contributed by atoms with van der Waals surface area (Å²) in [7, 11) is 2.21. The first kappa shape index (κ1) is 13.7. The molecule has 0 spiro atoms. The lowest BCUT2D eigenvalue weighted by atomic mass is 10.1. The maximum atomic E-state index is 6.02. The number of hydrogen-bond acceptors (Lipinski definition) is 2. The van der Waals surface area contributed by atoms with Crippen LogP contribution in [0.1, 0.15) is 44.1 Å². The van der Waals surface area contributed by atoms with E-state index in [0.717, 1.165) is 12.2 Å². The molecule has 0 atom stereocenters. The van der Waals surface area contributed by atoms with Crippen LogP contribution in [-0.4, -0.2) is 18.0 Å². The van der Waals surface area contributed by atoms with Crippen LogP contribution in [0.15, 0.2) is 18.2 Å². The normalized spacial score (nSPS) is 17.9. The summed E-state index contributed by atoms with van der Waals surface area (Å²) in [6.07, 6.45) is 8.17. The van der Waals surface area contributed by atoms with Crippen molar-refractivity contribution in [1.82, 2.24) is 4.90 Å². The second kappa shape index (κ2) is 6.44. The Morgan fingerprint density at radius 3 is 2.50 bits per heavy atom. The summed E-state index contributed by atoms with van der Waals surface area (Å²) in [6.45, 7) is 0.924. The quantitative estimate of drug-likeness (QED) is 0.660. The predicted molar refractivity (Wildman–Crippen MR) is 78.8 cm³/mol. The SMILES string of the molecule is CN(Cc1ccc(Cl)cc1N)C1CCCCCC1. The highest BCUT2D eigenvalue weighted by Crippen LogP contribution is 2.24. The van der Waals surface area contributed by atoms with Gasteiger partial charge in [0.15, 0.2) is 0 Å². The third-order valence-electron chi connectivity index (χ3n) is 3.98. The summed E-state index contributed by atoms with van der Waals surface area (Å²) < 4.78 is 0. The molecule has 0 aromatic heterocycles. The first-order valence-electron chi connectivity index (χ1n) is 6.91. The molecule has 1 saturated carbocycles. The van der Waals surface area contributed by atoms with Crippen LogP contribution >= 0.6 is 11.6 Å². The van der Waals surface area contributed by atoms with E-state index in [0.29, 0.717) is 11.1 Å². The van der Waals surface area contributed by atoms with Crippen molar-refractivity contribution in [1.29, 1.82) is 0 Å². The van der Waals surface area contributed by atoms with Gasteiger partial charge in [0.1, 0.15) is 0 Å². The van der Waals surface area contributed by atoms with E-state index in [1.807, 2.05) is 18.2 Å². The van der Waals surface area contributed by atoms with Gasteiger partial charge in [0.05, 0.1) is 0 Å². The summed E-state index contributed by atoms with van der Waals surface area (Å²) in [4.78, 5) is 2.45. The molecule has 1 aromatic carbocycles. The van der Waals surface area contributed by atoms with Crippen LogP contribution in [0.3, 0.4) is 0 Å². The van der Waals surface area contributed by atoms with E-state index in [9.17, 15) is 0 Å². The highest BCUT2D eigenvalue weighted by atomic mass is 35.5. The largest absolute Gasteiger partial charge is 0.398 e. The molecule has 0 saturated heterocycles. The van der Waals surface area contributed by atoms with Crippen molar-refractivity contribution in [2.75, 3.05) is 12.8 Å². The van der Waals surface area contributed by atoms with E-state index in [2.05, 4.69) is 11.9 Å². The lowest BCUT2D eigenvalue weighted by Crippen LogP contribution is -2.30. The van der Waals surface area contributed by atoms with Gasteiger partial charge in [-0.15, -0.1) is 0 Å². The van der Waals surface area contributed by atoms with Crippen LogP contribution in [0.25, 0.3) is 0 Å². The molecule has 1 fully saturated rings. The molecular formula is C15H23ClN2. The molecule has 1 aliphatic carbocycles. The molecule has 0 heterocycles. The molecule has 0 bridgehead atoms. The molecule has 0 amide bonds. The second-order valence-electron chi connectivity index (χ2n) is 5.40. The molecule has 18 heavy (non-hydrogen) atoms. The highest BCUT2D eigenvalue weighted by Gasteiger charge is 2.17. The van der Waals surface area contributed by atoms with Crippen molar-refractivity contribution in [3.63, 3.8) is 0 Å². The Morgan fingerprint density at radius 1 is 1.22 bits per heavy atom. The van der Waals surface area contributed by atoms with Gasteiger partial charge in [0.2, 0.25) is 0 Å². The average Bonchev–Trinajstić information content (AvgIpc) is 2.61. The number of rotatable bonds is 3. The number of hydrogen-bond donors (Lipinski definition) is 1. The van der Waals surface area contributed by atoms with Gasteiger partial charge in [-0.3, -0.25) is 4.90 Å². The molecule has 2 nitrogen and oxygen atoms in total. The van der Waals surface area contributed by atoms with Crippen LogP contribution in [0.2, 0.25) is 5.02 Å². The number of halogens is 1. The number of anilines is 1. The van der Waals surface area contributed by atoms with Gasteiger partial charge in [0, 0.05) is 23.3 Å². The molecule has 2 rings (SSSR count). The molecule has 2 N–H and O–H groups in total. The third-order valence-corrected chi connectivity index (χ3v) is 4.21. The molecule has 0 aliphatic heterocycles. The average molecular weight is 267 g/mol. The molecular weight excluding hydrogens is 244 g/mol. The Bertz CT molecular complexity index is 384. The summed E-state index contributed by atoms with van der Waals surface area (Å²) in [6, 6.07) is 6.53. The van der Waals surface area contributed by atoms with Gasteiger partial charge in [-0.2, -0.15) is 0 Å². The van der Waals surface area contributed by atoms with Crippen molar-refractivity contribution in [2.45, 2.75) is 51.1 Å². The Hall–Kier alpha value is -0.730. The minimum absolute atomic E-state index is 0.711. The fraction of sp³-hybridized carbons (Fsp3) is 0.600. The van der Waals surface area contributed by atoms with E-state index in [4.69, 9.17) is 17.3 Å². The molecule has 0 unspecified atom stereocenters. The zero-order valence-corrected chi connectivity index (χ0v) is 11.9. The first-order chi connectivity index (χ1) is 8.66. The van der Waals surface area contributed by atoms with Gasteiger partial charge in [-0.25, -0.2) is 0 Å². The Kier molecular flexibility index (Phi) is 4.90. The van der Waals surface area contributed by atoms with Gasteiger partial charge in [-0.05, 0) is 37.6 Å². The van der Waals surface area contributed by atoms with Gasteiger partial charge in [-0.1, -0.05) is 43.4 Å². The Balaban J connectivity index is 1.98. The topological polar surface area (TPSA) is 29.3 Å². The van der Waals surface area contributed by atoms with Crippen LogP contribution in [0, 0.1) is 0 Å². The minimum Gasteiger partial charge on any atom is -0.398 e. The van der Waals surface area contributed by atoms with Crippen molar-refractivity contribution < 1.29 is 0 Å². The predicted octanol–water partition coefficient (Wildman–Crippen LogP) is 4.08. The Labute approximate surface area is 115 Å². The molecule has 100 valence electrons. The maximum absolute atomic E-state index is 6.02. The summed E-state index contributed by atoms with van der Waals surface area (Å²) in [5.74, 6) is 0. The van der Waals surface area contributed by atoms with E-state index >= 15 is 0 Å². The van der Waals surface area contributed by atoms with Gasteiger partial charge in [0.25, 0.3) is 0 Å². The summed E-state index contributed by atoms with van der Waals surface area (Å²) >= 11 is 5.93. The summed E-state index contributed by atoms with van der Waals surface area (Å²) in [5, 5.41) is 0.716. The van der Waals surface area contributed by atoms with Crippen LogP contribution in [0.4, 0.5) is 5.69 Å². The lowest BCUT2D eigenvalue weighted by Gasteiger charge is -2.27. The third kappa shape index (κ3) is 3.63. The monoisotopic (exact) mass is 266 g/mol. The number of nitrogens with two attached hydrogens (primary N) is 1. The Morgan fingerprint density at radius 2 is 1.89 bits per heavy atom. The zero-order chi connectivity index (χ0) is 13.0.